The van der Waals surface area contributed by atoms with Crippen LogP contribution in [0, 0.1) is 0 Å². The summed E-state index contributed by atoms with van der Waals surface area (Å²) in [5, 5.41) is 11.1. The van der Waals surface area contributed by atoms with Crippen molar-refractivity contribution in [3.05, 3.63) is 21.9 Å². The zero-order valence-corrected chi connectivity index (χ0v) is 6.56. The van der Waals surface area contributed by atoms with Gasteiger partial charge in [0.15, 0.2) is 0 Å². The summed E-state index contributed by atoms with van der Waals surface area (Å²) in [6.45, 7) is 2.10. The second kappa shape index (κ2) is 3.37. The average Bonchev–Trinajstić information content (AvgIpc) is 2.37. The van der Waals surface area contributed by atoms with Crippen LogP contribution in [-0.4, -0.2) is 11.4 Å². The van der Waals surface area contributed by atoms with Crippen molar-refractivity contribution in [2.24, 2.45) is 5.16 Å². The Kier molecular flexibility index (Phi) is 2.45. The standard InChI is InChI=1S/C7H9NOS/c1-2-6-3-4-7(10-6)5-8-9/h3-5,9H,2H2,1H3. The molecule has 0 aromatic carbocycles. The van der Waals surface area contributed by atoms with Gasteiger partial charge in [-0.05, 0) is 18.6 Å². The maximum absolute atomic E-state index is 8.18. The van der Waals surface area contributed by atoms with E-state index in [0.717, 1.165) is 11.3 Å². The molecule has 1 N–H and O–H groups in total. The van der Waals surface area contributed by atoms with Gasteiger partial charge in [0.05, 0.1) is 6.21 Å². The highest BCUT2D eigenvalue weighted by atomic mass is 32.1. The minimum atomic E-state index is 0.999. The first-order valence-electron chi connectivity index (χ1n) is 3.13. The van der Waals surface area contributed by atoms with Crippen LogP contribution in [0.15, 0.2) is 17.3 Å². The van der Waals surface area contributed by atoms with Crippen LogP contribution in [0.2, 0.25) is 0 Å². The molecule has 54 valence electrons. The highest BCUT2D eigenvalue weighted by Crippen LogP contribution is 2.14. The van der Waals surface area contributed by atoms with E-state index in [2.05, 4.69) is 12.1 Å². The first kappa shape index (κ1) is 7.28. The largest absolute Gasteiger partial charge is 0.411 e. The number of nitrogens with zero attached hydrogens (tertiary/aromatic N) is 1. The van der Waals surface area contributed by atoms with Gasteiger partial charge >= 0.3 is 0 Å². The lowest BCUT2D eigenvalue weighted by atomic mass is 10.4. The fourth-order valence-corrected chi connectivity index (χ4v) is 1.53. The molecule has 10 heavy (non-hydrogen) atoms. The van der Waals surface area contributed by atoms with Crippen LogP contribution in [-0.2, 0) is 6.42 Å². The zero-order valence-electron chi connectivity index (χ0n) is 5.74. The van der Waals surface area contributed by atoms with E-state index in [1.54, 1.807) is 11.3 Å². The van der Waals surface area contributed by atoms with Crippen LogP contribution < -0.4 is 0 Å². The third kappa shape index (κ3) is 1.57. The van der Waals surface area contributed by atoms with Gasteiger partial charge in [0.25, 0.3) is 0 Å². The summed E-state index contributed by atoms with van der Waals surface area (Å²) in [5.74, 6) is 0. The van der Waals surface area contributed by atoms with Gasteiger partial charge in [-0.25, -0.2) is 0 Å². The number of rotatable bonds is 2. The first-order valence-corrected chi connectivity index (χ1v) is 3.94. The highest BCUT2D eigenvalue weighted by Gasteiger charge is 1.93. The third-order valence-corrected chi connectivity index (χ3v) is 2.38. The molecular formula is C7H9NOS. The van der Waals surface area contributed by atoms with Crippen LogP contribution in [0.1, 0.15) is 16.7 Å². The van der Waals surface area contributed by atoms with Gasteiger partial charge in [-0.15, -0.1) is 11.3 Å². The van der Waals surface area contributed by atoms with Crippen molar-refractivity contribution in [1.82, 2.24) is 0 Å². The minimum Gasteiger partial charge on any atom is -0.411 e. The second-order valence-corrected chi connectivity index (χ2v) is 3.10. The van der Waals surface area contributed by atoms with E-state index < -0.39 is 0 Å². The molecule has 0 aliphatic rings. The summed E-state index contributed by atoms with van der Waals surface area (Å²) < 4.78 is 0. The van der Waals surface area contributed by atoms with Crippen LogP contribution >= 0.6 is 11.3 Å². The third-order valence-electron chi connectivity index (χ3n) is 1.22. The van der Waals surface area contributed by atoms with E-state index in [1.165, 1.54) is 11.1 Å². The van der Waals surface area contributed by atoms with Crippen molar-refractivity contribution in [2.45, 2.75) is 13.3 Å². The molecule has 0 spiro atoms. The molecule has 1 rings (SSSR count). The quantitative estimate of drug-likeness (QED) is 0.396. The first-order chi connectivity index (χ1) is 4.86. The number of hydrogen-bond donors (Lipinski definition) is 1. The molecular weight excluding hydrogens is 146 g/mol. The van der Waals surface area contributed by atoms with E-state index >= 15 is 0 Å². The van der Waals surface area contributed by atoms with E-state index in [9.17, 15) is 0 Å². The Balaban J connectivity index is 2.78. The lowest BCUT2D eigenvalue weighted by Gasteiger charge is -1.81. The fraction of sp³-hybridized carbons (Fsp3) is 0.286. The summed E-state index contributed by atoms with van der Waals surface area (Å²) in [6, 6.07) is 3.99. The van der Waals surface area contributed by atoms with Crippen molar-refractivity contribution in [3.8, 4) is 0 Å². The summed E-state index contributed by atoms with van der Waals surface area (Å²) in [6.07, 6.45) is 2.49. The van der Waals surface area contributed by atoms with Crippen LogP contribution in [0.5, 0.6) is 0 Å². The van der Waals surface area contributed by atoms with E-state index in [4.69, 9.17) is 5.21 Å². The topological polar surface area (TPSA) is 32.6 Å². The highest BCUT2D eigenvalue weighted by molar-refractivity contribution is 7.13. The number of hydrogen-bond acceptors (Lipinski definition) is 3. The molecule has 0 aliphatic carbocycles. The Bertz CT molecular complexity index is 229. The second-order valence-electron chi connectivity index (χ2n) is 1.90. The van der Waals surface area contributed by atoms with Crippen molar-refractivity contribution in [3.63, 3.8) is 0 Å². The normalized spacial score (nSPS) is 10.9. The maximum atomic E-state index is 8.18. The average molecular weight is 155 g/mol. The summed E-state index contributed by atoms with van der Waals surface area (Å²) in [4.78, 5) is 2.31. The van der Waals surface area contributed by atoms with Crippen LogP contribution in [0.3, 0.4) is 0 Å². The van der Waals surface area contributed by atoms with E-state index in [1.807, 2.05) is 12.1 Å². The molecule has 2 nitrogen and oxygen atoms in total. The lowest BCUT2D eigenvalue weighted by Crippen LogP contribution is -1.68. The Morgan fingerprint density at radius 3 is 3.00 bits per heavy atom. The Labute approximate surface area is 63.8 Å². The number of thiophene rings is 1. The molecule has 0 amide bonds. The molecule has 3 heteroatoms. The number of oxime groups is 1. The van der Waals surface area contributed by atoms with Gasteiger partial charge in [0, 0.05) is 9.75 Å². The van der Waals surface area contributed by atoms with Crippen molar-refractivity contribution in [2.75, 3.05) is 0 Å². The Hall–Kier alpha value is -0.830. The van der Waals surface area contributed by atoms with Crippen molar-refractivity contribution < 1.29 is 5.21 Å². The summed E-state index contributed by atoms with van der Waals surface area (Å²) in [5.41, 5.74) is 0. The SMILES string of the molecule is CCc1ccc(C=NO)s1. The molecule has 0 unspecified atom stereocenters. The van der Waals surface area contributed by atoms with Gasteiger partial charge in [-0.1, -0.05) is 12.1 Å². The van der Waals surface area contributed by atoms with Crippen molar-refractivity contribution in [1.29, 1.82) is 0 Å². The maximum Gasteiger partial charge on any atom is 0.0833 e. The molecule has 0 aliphatic heterocycles. The molecule has 1 heterocycles. The predicted octanol–water partition coefficient (Wildman–Crippen LogP) is 2.12. The number of aryl methyl sites for hydroxylation is 1. The van der Waals surface area contributed by atoms with Crippen molar-refractivity contribution >= 4 is 17.6 Å². The molecule has 0 radical (unpaired) electrons. The smallest absolute Gasteiger partial charge is 0.0833 e. The van der Waals surface area contributed by atoms with E-state index in [0.29, 0.717) is 0 Å². The molecule has 0 saturated carbocycles. The van der Waals surface area contributed by atoms with Gasteiger partial charge in [-0.2, -0.15) is 0 Å². The van der Waals surface area contributed by atoms with Gasteiger partial charge in [-0.3, -0.25) is 0 Å². The molecule has 0 atom stereocenters. The van der Waals surface area contributed by atoms with Crippen LogP contribution in [0.25, 0.3) is 0 Å². The predicted molar refractivity (Wildman–Crippen MR) is 43.1 cm³/mol. The summed E-state index contributed by atoms with van der Waals surface area (Å²) in [7, 11) is 0. The van der Waals surface area contributed by atoms with Gasteiger partial charge in [0.2, 0.25) is 0 Å². The molecule has 1 aromatic heterocycles. The lowest BCUT2D eigenvalue weighted by molar-refractivity contribution is 0.322. The molecule has 0 saturated heterocycles. The molecule has 0 bridgehead atoms. The van der Waals surface area contributed by atoms with E-state index in [-0.39, 0.29) is 0 Å². The minimum absolute atomic E-state index is 0.999. The summed E-state index contributed by atoms with van der Waals surface area (Å²) >= 11 is 1.65. The Morgan fingerprint density at radius 1 is 1.70 bits per heavy atom. The van der Waals surface area contributed by atoms with Gasteiger partial charge < -0.3 is 5.21 Å². The molecule has 1 aromatic rings. The molecule has 0 fully saturated rings. The van der Waals surface area contributed by atoms with Gasteiger partial charge in [0.1, 0.15) is 0 Å². The monoisotopic (exact) mass is 155 g/mol. The fourth-order valence-electron chi connectivity index (χ4n) is 0.711. The van der Waals surface area contributed by atoms with Crippen LogP contribution in [0.4, 0.5) is 0 Å². The Morgan fingerprint density at radius 2 is 2.50 bits per heavy atom. The zero-order chi connectivity index (χ0) is 7.40.